The number of rotatable bonds is 8. The number of nitrogens with zero attached hydrogens (tertiary/aromatic N) is 4. The molecule has 33 heavy (non-hydrogen) atoms. The number of carbonyl (C=O) groups excluding carboxylic acids is 1. The number of aromatic nitrogens is 4. The van der Waals surface area contributed by atoms with Crippen LogP contribution in [-0.4, -0.2) is 61.6 Å². The van der Waals surface area contributed by atoms with E-state index in [0.717, 1.165) is 6.20 Å². The number of alkyl halides is 4. The van der Waals surface area contributed by atoms with Crippen molar-refractivity contribution in [2.45, 2.75) is 38.2 Å². The van der Waals surface area contributed by atoms with Gasteiger partial charge in [-0.15, -0.1) is 0 Å². The van der Waals surface area contributed by atoms with E-state index in [-0.39, 0.29) is 11.3 Å². The molecule has 1 atom stereocenters. The first-order valence-corrected chi connectivity index (χ1v) is 10.2. The van der Waals surface area contributed by atoms with Crippen molar-refractivity contribution in [3.05, 3.63) is 41.4 Å². The summed E-state index contributed by atoms with van der Waals surface area (Å²) in [4.78, 5) is 21.0. The Bertz CT molecular complexity index is 1150. The third-order valence-corrected chi connectivity index (χ3v) is 4.88. The highest BCUT2D eigenvalue weighted by Gasteiger charge is 2.28. The average molecular weight is 489 g/mol. The smallest absolute Gasteiger partial charge is 0.387 e. The Labute approximate surface area is 191 Å². The average Bonchev–Trinajstić information content (AvgIpc) is 3.13. The van der Waals surface area contributed by atoms with Gasteiger partial charge in [-0.2, -0.15) is 18.3 Å². The summed E-state index contributed by atoms with van der Waals surface area (Å²) >= 11 is 5.90. The van der Waals surface area contributed by atoms with E-state index in [0.29, 0.717) is 21.9 Å². The van der Waals surface area contributed by atoms with Gasteiger partial charge in [-0.1, -0.05) is 11.6 Å². The van der Waals surface area contributed by atoms with E-state index in [9.17, 15) is 27.5 Å². The third kappa shape index (κ3) is 6.29. The van der Waals surface area contributed by atoms with Gasteiger partial charge in [-0.3, -0.25) is 9.78 Å². The maximum atomic E-state index is 14.0. The molecule has 0 spiro atoms. The summed E-state index contributed by atoms with van der Waals surface area (Å²) in [7, 11) is 0. The SMILES string of the molecule is CC(C)(O)C(F)CNC(=O)c1cnc(-c2cnn3cc(Cl)cnc23)cc1NCCC(F)(F)F. The molecule has 1 unspecified atom stereocenters. The highest BCUT2D eigenvalue weighted by atomic mass is 35.5. The fourth-order valence-electron chi connectivity index (χ4n) is 2.83. The standard InChI is InChI=1S/C20H21ClF4N6O2/c1-19(2,33)16(22)9-29-18(32)13-7-27-14(5-15(13)26-4-3-20(23,24)25)12-8-30-31-10-11(21)6-28-17(12)31/h5-8,10,16,33H,3-4,9H2,1-2H3,(H,26,27)(H,29,32). The molecule has 3 rings (SSSR count). The number of aliphatic hydroxyl groups is 1. The Hall–Kier alpha value is -2.99. The lowest BCUT2D eigenvalue weighted by atomic mass is 10.0. The zero-order valence-corrected chi connectivity index (χ0v) is 18.4. The third-order valence-electron chi connectivity index (χ3n) is 4.68. The quantitative estimate of drug-likeness (QED) is 0.418. The minimum atomic E-state index is -4.40. The van der Waals surface area contributed by atoms with Crippen LogP contribution in [0.25, 0.3) is 16.9 Å². The van der Waals surface area contributed by atoms with Gasteiger partial charge in [0.2, 0.25) is 0 Å². The van der Waals surface area contributed by atoms with Crippen molar-refractivity contribution in [2.24, 2.45) is 0 Å². The number of anilines is 1. The molecule has 3 heterocycles. The summed E-state index contributed by atoms with van der Waals surface area (Å²) in [6.45, 7) is 1.51. The van der Waals surface area contributed by atoms with Gasteiger partial charge in [0, 0.05) is 18.9 Å². The number of nitrogens with one attached hydrogen (secondary N) is 2. The van der Waals surface area contributed by atoms with E-state index >= 15 is 0 Å². The lowest BCUT2D eigenvalue weighted by Gasteiger charge is -2.22. The number of hydrogen-bond acceptors (Lipinski definition) is 6. The molecule has 0 saturated carbocycles. The normalized spacial score (nSPS) is 13.2. The Morgan fingerprint density at radius 2 is 1.97 bits per heavy atom. The van der Waals surface area contributed by atoms with Crippen LogP contribution in [0.3, 0.4) is 0 Å². The predicted octanol–water partition coefficient (Wildman–Crippen LogP) is 3.65. The number of fused-ring (bicyclic) bond motifs is 1. The van der Waals surface area contributed by atoms with Crippen LogP contribution in [0.1, 0.15) is 30.6 Å². The molecule has 0 aliphatic heterocycles. The van der Waals surface area contributed by atoms with E-state index in [1.807, 2.05) is 0 Å². The molecular formula is C20H21ClF4N6O2. The Morgan fingerprint density at radius 3 is 2.64 bits per heavy atom. The summed E-state index contributed by atoms with van der Waals surface area (Å²) in [5.74, 6) is -0.764. The van der Waals surface area contributed by atoms with E-state index < -0.39 is 43.4 Å². The Kier molecular flexibility index (Phi) is 7.08. The second kappa shape index (κ2) is 9.48. The number of hydrogen-bond donors (Lipinski definition) is 3. The fourth-order valence-corrected chi connectivity index (χ4v) is 2.97. The van der Waals surface area contributed by atoms with Gasteiger partial charge in [0.15, 0.2) is 5.65 Å². The van der Waals surface area contributed by atoms with Gasteiger partial charge in [0.05, 0.1) is 58.5 Å². The van der Waals surface area contributed by atoms with E-state index in [1.54, 1.807) is 0 Å². The lowest BCUT2D eigenvalue weighted by Crippen LogP contribution is -2.42. The molecule has 0 radical (unpaired) electrons. The van der Waals surface area contributed by atoms with Crippen molar-refractivity contribution in [1.29, 1.82) is 0 Å². The Balaban J connectivity index is 1.91. The van der Waals surface area contributed by atoms with E-state index in [1.165, 1.54) is 43.0 Å². The molecule has 3 aromatic heterocycles. The second-order valence-corrected chi connectivity index (χ2v) is 8.27. The lowest BCUT2D eigenvalue weighted by molar-refractivity contribution is -0.131. The van der Waals surface area contributed by atoms with Gasteiger partial charge in [0.25, 0.3) is 5.91 Å². The summed E-state index contributed by atoms with van der Waals surface area (Å²) in [6, 6.07) is 1.39. The van der Waals surface area contributed by atoms with Crippen molar-refractivity contribution in [2.75, 3.05) is 18.4 Å². The molecule has 1 amide bonds. The Morgan fingerprint density at radius 1 is 1.24 bits per heavy atom. The maximum Gasteiger partial charge on any atom is 0.390 e. The van der Waals surface area contributed by atoms with Crippen LogP contribution in [-0.2, 0) is 0 Å². The fraction of sp³-hybridized carbons (Fsp3) is 0.400. The molecule has 178 valence electrons. The number of amides is 1. The van der Waals surface area contributed by atoms with Gasteiger partial charge >= 0.3 is 6.18 Å². The summed E-state index contributed by atoms with van der Waals surface area (Å²) in [5, 5.41) is 19.1. The van der Waals surface area contributed by atoms with Crippen molar-refractivity contribution in [1.82, 2.24) is 24.9 Å². The minimum absolute atomic E-state index is 0.0636. The number of carbonyl (C=O) groups is 1. The molecule has 0 fully saturated rings. The number of halogens is 5. The second-order valence-electron chi connectivity index (χ2n) is 7.84. The predicted molar refractivity (Wildman–Crippen MR) is 114 cm³/mol. The molecule has 0 bridgehead atoms. The first-order valence-electron chi connectivity index (χ1n) is 9.80. The molecule has 3 N–H and O–H groups in total. The van der Waals surface area contributed by atoms with Gasteiger partial charge in [0.1, 0.15) is 6.17 Å². The molecule has 8 nitrogen and oxygen atoms in total. The van der Waals surface area contributed by atoms with Crippen LogP contribution < -0.4 is 10.6 Å². The summed E-state index contributed by atoms with van der Waals surface area (Å²) in [6.07, 6.45) is -1.74. The zero-order valence-electron chi connectivity index (χ0n) is 17.6. The van der Waals surface area contributed by atoms with Crippen molar-refractivity contribution >= 4 is 28.8 Å². The van der Waals surface area contributed by atoms with Crippen LogP contribution in [0, 0.1) is 0 Å². The zero-order chi connectivity index (χ0) is 24.4. The van der Waals surface area contributed by atoms with Crippen molar-refractivity contribution in [3.63, 3.8) is 0 Å². The van der Waals surface area contributed by atoms with Crippen LogP contribution in [0.4, 0.5) is 23.2 Å². The molecular weight excluding hydrogens is 468 g/mol. The highest BCUT2D eigenvalue weighted by molar-refractivity contribution is 6.30. The first kappa shape index (κ1) is 24.6. The van der Waals surface area contributed by atoms with Crippen LogP contribution in [0.2, 0.25) is 5.02 Å². The van der Waals surface area contributed by atoms with Crippen LogP contribution >= 0.6 is 11.6 Å². The molecule has 0 aromatic carbocycles. The molecule has 0 aliphatic rings. The van der Waals surface area contributed by atoms with Crippen molar-refractivity contribution in [3.8, 4) is 11.3 Å². The molecule has 3 aromatic rings. The topological polar surface area (TPSA) is 104 Å². The maximum absolute atomic E-state index is 14.0. The first-order chi connectivity index (χ1) is 15.3. The monoisotopic (exact) mass is 488 g/mol. The summed E-state index contributed by atoms with van der Waals surface area (Å²) in [5.41, 5.74) is -0.544. The molecule has 13 heteroatoms. The van der Waals surface area contributed by atoms with Gasteiger partial charge < -0.3 is 15.7 Å². The van der Waals surface area contributed by atoms with Crippen molar-refractivity contribution < 1.29 is 27.5 Å². The molecule has 0 saturated heterocycles. The highest BCUT2D eigenvalue weighted by Crippen LogP contribution is 2.27. The largest absolute Gasteiger partial charge is 0.390 e. The van der Waals surface area contributed by atoms with E-state index in [2.05, 4.69) is 25.7 Å². The molecule has 0 aliphatic carbocycles. The summed E-state index contributed by atoms with van der Waals surface area (Å²) < 4.78 is 53.3. The van der Waals surface area contributed by atoms with E-state index in [4.69, 9.17) is 11.6 Å². The van der Waals surface area contributed by atoms with Gasteiger partial charge in [-0.05, 0) is 19.9 Å². The minimum Gasteiger partial charge on any atom is -0.387 e. The van der Waals surface area contributed by atoms with Crippen LogP contribution in [0.15, 0.2) is 30.9 Å². The van der Waals surface area contributed by atoms with Gasteiger partial charge in [-0.25, -0.2) is 13.9 Å². The number of pyridine rings is 1. The van der Waals surface area contributed by atoms with Crippen LogP contribution in [0.5, 0.6) is 0 Å².